The van der Waals surface area contributed by atoms with Crippen molar-refractivity contribution in [1.29, 1.82) is 0 Å². The third-order valence-electron chi connectivity index (χ3n) is 3.21. The van der Waals surface area contributed by atoms with E-state index in [1.54, 1.807) is 0 Å². The van der Waals surface area contributed by atoms with Crippen LogP contribution in [0.4, 0.5) is 0 Å². The summed E-state index contributed by atoms with van der Waals surface area (Å²) in [6, 6.07) is 0. The minimum Gasteiger partial charge on any atom is -0.303 e. The summed E-state index contributed by atoms with van der Waals surface area (Å²) in [4.78, 5) is 10.3. The van der Waals surface area contributed by atoms with Crippen LogP contribution < -0.4 is 0 Å². The summed E-state index contributed by atoms with van der Waals surface area (Å²) in [5, 5.41) is 0. The lowest BCUT2D eigenvalue weighted by Crippen LogP contribution is -1.85. The van der Waals surface area contributed by atoms with Crippen LogP contribution in [0.2, 0.25) is 0 Å². The van der Waals surface area contributed by atoms with Gasteiger partial charge in [-0.1, -0.05) is 0 Å². The first-order valence-electron chi connectivity index (χ1n) is 4.83. The first-order chi connectivity index (χ1) is 5.93. The molecule has 0 amide bonds. The highest BCUT2D eigenvalue weighted by atomic mass is 16.1. The SMILES string of the molecule is O=CCC1C2CCC#CCCC12. The summed E-state index contributed by atoms with van der Waals surface area (Å²) in [6.45, 7) is 0. The Kier molecular flexibility index (Phi) is 2.17. The smallest absolute Gasteiger partial charge is 0.120 e. The predicted molar refractivity (Wildman–Crippen MR) is 47.4 cm³/mol. The Morgan fingerprint density at radius 2 is 1.75 bits per heavy atom. The van der Waals surface area contributed by atoms with E-state index in [0.29, 0.717) is 5.92 Å². The van der Waals surface area contributed by atoms with Crippen LogP contribution in [0.1, 0.15) is 32.1 Å². The van der Waals surface area contributed by atoms with Crippen molar-refractivity contribution in [2.24, 2.45) is 17.8 Å². The summed E-state index contributed by atoms with van der Waals surface area (Å²) in [5.74, 6) is 8.73. The van der Waals surface area contributed by atoms with E-state index in [1.165, 1.54) is 12.8 Å². The summed E-state index contributed by atoms with van der Waals surface area (Å²) in [7, 11) is 0. The number of fused-ring (bicyclic) bond motifs is 1. The second-order valence-corrected chi connectivity index (χ2v) is 3.82. The van der Waals surface area contributed by atoms with Gasteiger partial charge in [-0.15, -0.1) is 11.8 Å². The topological polar surface area (TPSA) is 17.1 Å². The first-order valence-corrected chi connectivity index (χ1v) is 4.83. The van der Waals surface area contributed by atoms with Crippen molar-refractivity contribution in [3.63, 3.8) is 0 Å². The minimum absolute atomic E-state index is 0.712. The molecule has 0 aliphatic heterocycles. The average Bonchev–Trinajstić information content (AvgIpc) is 2.61. The van der Waals surface area contributed by atoms with Crippen LogP contribution in [0.3, 0.4) is 0 Å². The van der Waals surface area contributed by atoms with E-state index in [2.05, 4.69) is 11.8 Å². The number of carbonyl (C=O) groups is 1. The second kappa shape index (κ2) is 3.31. The van der Waals surface area contributed by atoms with Crippen LogP contribution in [0.15, 0.2) is 0 Å². The molecular formula is C11H14O. The summed E-state index contributed by atoms with van der Waals surface area (Å²) >= 11 is 0. The number of carbonyl (C=O) groups excluding carboxylic acids is 1. The van der Waals surface area contributed by atoms with Crippen LogP contribution in [-0.4, -0.2) is 6.29 Å². The molecule has 0 bridgehead atoms. The van der Waals surface area contributed by atoms with Gasteiger partial charge in [0.25, 0.3) is 0 Å². The summed E-state index contributed by atoms with van der Waals surface area (Å²) < 4.78 is 0. The Labute approximate surface area is 73.5 Å². The molecule has 64 valence electrons. The van der Waals surface area contributed by atoms with Gasteiger partial charge in [-0.25, -0.2) is 0 Å². The molecule has 0 heterocycles. The van der Waals surface area contributed by atoms with E-state index < -0.39 is 0 Å². The van der Waals surface area contributed by atoms with Crippen molar-refractivity contribution in [2.45, 2.75) is 32.1 Å². The van der Waals surface area contributed by atoms with E-state index in [9.17, 15) is 4.79 Å². The predicted octanol–water partition coefficient (Wildman–Crippen LogP) is 2.02. The van der Waals surface area contributed by atoms with Crippen molar-refractivity contribution < 1.29 is 4.79 Å². The highest BCUT2D eigenvalue weighted by Crippen LogP contribution is 2.53. The molecule has 1 saturated carbocycles. The van der Waals surface area contributed by atoms with Gasteiger partial charge in [0, 0.05) is 19.3 Å². The van der Waals surface area contributed by atoms with E-state index in [1.807, 2.05) is 0 Å². The van der Waals surface area contributed by atoms with Crippen molar-refractivity contribution >= 4 is 6.29 Å². The van der Waals surface area contributed by atoms with Crippen LogP contribution in [0.5, 0.6) is 0 Å². The molecule has 2 aliphatic carbocycles. The Balaban J connectivity index is 1.90. The third-order valence-corrected chi connectivity index (χ3v) is 3.21. The van der Waals surface area contributed by atoms with Crippen LogP contribution in [-0.2, 0) is 4.79 Å². The molecule has 0 N–H and O–H groups in total. The largest absolute Gasteiger partial charge is 0.303 e. The molecule has 0 aromatic rings. The van der Waals surface area contributed by atoms with Gasteiger partial charge in [0.05, 0.1) is 0 Å². The molecule has 2 atom stereocenters. The zero-order chi connectivity index (χ0) is 8.39. The maximum absolute atomic E-state index is 10.3. The van der Waals surface area contributed by atoms with Gasteiger partial charge in [-0.3, -0.25) is 0 Å². The van der Waals surface area contributed by atoms with Crippen LogP contribution in [0, 0.1) is 29.6 Å². The molecule has 2 rings (SSSR count). The lowest BCUT2D eigenvalue weighted by Gasteiger charge is -1.96. The summed E-state index contributed by atoms with van der Waals surface area (Å²) in [5.41, 5.74) is 0. The van der Waals surface area contributed by atoms with Gasteiger partial charge in [0.15, 0.2) is 0 Å². The zero-order valence-corrected chi connectivity index (χ0v) is 7.25. The van der Waals surface area contributed by atoms with Gasteiger partial charge in [0.2, 0.25) is 0 Å². The maximum atomic E-state index is 10.3. The molecule has 12 heavy (non-hydrogen) atoms. The van der Waals surface area contributed by atoms with Crippen molar-refractivity contribution in [2.75, 3.05) is 0 Å². The number of rotatable bonds is 2. The fraction of sp³-hybridized carbons (Fsp3) is 0.727. The number of hydrogen-bond donors (Lipinski definition) is 0. The fourth-order valence-corrected chi connectivity index (χ4v) is 2.50. The van der Waals surface area contributed by atoms with Gasteiger partial charge < -0.3 is 4.79 Å². The molecule has 0 aromatic carbocycles. The minimum atomic E-state index is 0.712. The average molecular weight is 162 g/mol. The van der Waals surface area contributed by atoms with Gasteiger partial charge in [0.1, 0.15) is 6.29 Å². The number of aldehydes is 1. The quantitative estimate of drug-likeness (QED) is 0.448. The lowest BCUT2D eigenvalue weighted by atomic mass is 10.1. The van der Waals surface area contributed by atoms with Crippen molar-refractivity contribution in [3.05, 3.63) is 0 Å². The Morgan fingerprint density at radius 1 is 1.17 bits per heavy atom. The molecular weight excluding hydrogens is 148 g/mol. The molecule has 0 radical (unpaired) electrons. The van der Waals surface area contributed by atoms with Crippen molar-refractivity contribution in [1.82, 2.24) is 0 Å². The maximum Gasteiger partial charge on any atom is 0.120 e. The van der Waals surface area contributed by atoms with Crippen LogP contribution in [0.25, 0.3) is 0 Å². The van der Waals surface area contributed by atoms with Gasteiger partial charge in [-0.2, -0.15) is 0 Å². The first kappa shape index (κ1) is 7.86. The monoisotopic (exact) mass is 162 g/mol. The fourth-order valence-electron chi connectivity index (χ4n) is 2.50. The van der Waals surface area contributed by atoms with Gasteiger partial charge in [-0.05, 0) is 30.6 Å². The summed E-state index contributed by atoms with van der Waals surface area (Å²) in [6.07, 6.45) is 6.44. The molecule has 1 nitrogen and oxygen atoms in total. The van der Waals surface area contributed by atoms with E-state index >= 15 is 0 Å². The van der Waals surface area contributed by atoms with E-state index in [0.717, 1.165) is 37.4 Å². The van der Waals surface area contributed by atoms with E-state index in [4.69, 9.17) is 0 Å². The van der Waals surface area contributed by atoms with Crippen molar-refractivity contribution in [3.8, 4) is 11.8 Å². The molecule has 1 fully saturated rings. The zero-order valence-electron chi connectivity index (χ0n) is 7.25. The molecule has 0 saturated heterocycles. The highest BCUT2D eigenvalue weighted by molar-refractivity contribution is 5.51. The normalized spacial score (nSPS) is 38.2. The highest BCUT2D eigenvalue weighted by Gasteiger charge is 2.47. The van der Waals surface area contributed by atoms with E-state index in [-0.39, 0.29) is 0 Å². The lowest BCUT2D eigenvalue weighted by molar-refractivity contribution is -0.108. The Morgan fingerprint density at radius 3 is 2.25 bits per heavy atom. The molecule has 0 spiro atoms. The molecule has 1 heteroatoms. The third kappa shape index (κ3) is 1.39. The molecule has 2 aliphatic rings. The molecule has 2 unspecified atom stereocenters. The Bertz CT molecular complexity index is 215. The molecule has 0 aromatic heterocycles. The standard InChI is InChI=1S/C11H14O/c12-8-7-11-9-5-3-1-2-4-6-10(9)11/h8-11H,3-7H2. The van der Waals surface area contributed by atoms with Crippen LogP contribution >= 0.6 is 0 Å². The number of hydrogen-bond acceptors (Lipinski definition) is 1. The van der Waals surface area contributed by atoms with Gasteiger partial charge >= 0.3 is 0 Å². The second-order valence-electron chi connectivity index (χ2n) is 3.82. The Hall–Kier alpha value is -0.770.